The number of aldehydes is 1. The fourth-order valence-corrected chi connectivity index (χ4v) is 0.405. The first-order valence-electron chi connectivity index (χ1n) is 3.00. The van der Waals surface area contributed by atoms with E-state index in [1.165, 1.54) is 7.11 Å². The maximum atomic E-state index is 9.55. The van der Waals surface area contributed by atoms with Gasteiger partial charge in [-0.15, -0.1) is 0 Å². The largest absolute Gasteiger partial charge is 0.473 e. The van der Waals surface area contributed by atoms with Crippen molar-refractivity contribution in [1.82, 2.24) is 0 Å². The highest BCUT2D eigenvalue weighted by molar-refractivity contribution is 6.79. The highest BCUT2D eigenvalue weighted by Crippen LogP contribution is 1.80. The van der Waals surface area contributed by atoms with Crippen molar-refractivity contribution in [2.45, 2.75) is 0 Å². The van der Waals surface area contributed by atoms with Gasteiger partial charge in [-0.2, -0.15) is 0 Å². The lowest BCUT2D eigenvalue weighted by atomic mass is 10.7. The third-order valence-corrected chi connectivity index (χ3v) is 0.859. The molecule has 1 rings (SSSR count). The molecule has 0 N–H and O–H groups in total. The van der Waals surface area contributed by atoms with Gasteiger partial charge in [0, 0.05) is 0 Å². The minimum Gasteiger partial charge on any atom is -0.473 e. The second-order valence-electron chi connectivity index (χ2n) is 1.51. The van der Waals surface area contributed by atoms with Crippen LogP contribution in [0.3, 0.4) is 0 Å². The van der Waals surface area contributed by atoms with Gasteiger partial charge in [0.25, 0.3) is 0 Å². The number of carbonyl (C=O) groups excluding carboxylic acids is 1. The maximum Gasteiger partial charge on any atom is 0.208 e. The lowest BCUT2D eigenvalue weighted by Crippen LogP contribution is -1.86. The monoisotopic (exact) mass is 189 g/mol. The molecule has 66 valence electrons. The minimum atomic E-state index is -0.178. The van der Waals surface area contributed by atoms with E-state index in [9.17, 15) is 4.79 Å². The zero-order valence-corrected chi connectivity index (χ0v) is 7.19. The molecular weight excluding hydrogens is 182 g/mol. The molecule has 0 bridgehead atoms. The Balaban J connectivity index is 0.000000211. The molecule has 0 radical (unpaired) electrons. The second kappa shape index (κ2) is 7.81. The molecule has 0 spiro atoms. The van der Waals surface area contributed by atoms with Crippen LogP contribution in [0.4, 0.5) is 0 Å². The molecule has 0 atom stereocenters. The number of halogens is 1. The van der Waals surface area contributed by atoms with E-state index in [1.54, 1.807) is 12.5 Å². The molecule has 1 aromatic rings. The highest BCUT2D eigenvalue weighted by Gasteiger charge is 1.83. The van der Waals surface area contributed by atoms with Gasteiger partial charge in [-0.05, 0) is 12.1 Å². The van der Waals surface area contributed by atoms with Crippen molar-refractivity contribution in [3.63, 3.8) is 0 Å². The second-order valence-corrected chi connectivity index (χ2v) is 1.89. The molecule has 0 unspecified atom stereocenters. The number of hydrogen-bond acceptors (Lipinski definition) is 4. The molecule has 0 fully saturated rings. The third kappa shape index (κ3) is 6.82. The Morgan fingerprint density at radius 2 is 2.17 bits per heavy atom. The molecule has 0 aromatic carbocycles. The summed E-state index contributed by atoms with van der Waals surface area (Å²) < 4.78 is 4.58. The molecule has 0 aliphatic heterocycles. The standard InChI is InChI=1S/C4H4O.C3H4ClNO2/c1-2-4-5-3-1;1-7-5-3(4)2-6/h1-4H;2H,1H3/b;5-3-. The number of hydrogen-bond donors (Lipinski definition) is 0. The molecule has 0 aliphatic rings. The number of carbonyl (C=O) groups is 1. The van der Waals surface area contributed by atoms with Crippen LogP contribution in [0.15, 0.2) is 34.2 Å². The topological polar surface area (TPSA) is 51.8 Å². The Morgan fingerprint density at radius 3 is 2.33 bits per heavy atom. The van der Waals surface area contributed by atoms with E-state index in [2.05, 4.69) is 14.4 Å². The lowest BCUT2D eigenvalue weighted by Gasteiger charge is -1.80. The van der Waals surface area contributed by atoms with Crippen LogP contribution < -0.4 is 0 Å². The van der Waals surface area contributed by atoms with E-state index in [0.29, 0.717) is 6.29 Å². The van der Waals surface area contributed by atoms with Crippen molar-refractivity contribution >= 4 is 23.1 Å². The summed E-state index contributed by atoms with van der Waals surface area (Å²) in [5.74, 6) is 0. The Hall–Kier alpha value is -1.29. The van der Waals surface area contributed by atoms with Crippen LogP contribution in [0.5, 0.6) is 0 Å². The summed E-state index contributed by atoms with van der Waals surface area (Å²) >= 11 is 5.02. The van der Waals surface area contributed by atoms with Gasteiger partial charge in [0.05, 0.1) is 12.5 Å². The Kier molecular flexibility index (Phi) is 6.97. The molecule has 0 saturated carbocycles. The number of rotatable bonds is 2. The summed E-state index contributed by atoms with van der Waals surface area (Å²) in [5.41, 5.74) is 0. The average Bonchev–Trinajstić information content (AvgIpc) is 2.62. The van der Waals surface area contributed by atoms with Crippen molar-refractivity contribution < 1.29 is 14.0 Å². The smallest absolute Gasteiger partial charge is 0.208 e. The average molecular weight is 190 g/mol. The summed E-state index contributed by atoms with van der Waals surface area (Å²) in [4.78, 5) is 13.7. The van der Waals surface area contributed by atoms with E-state index in [0.717, 1.165) is 0 Å². The quantitative estimate of drug-likeness (QED) is 0.404. The zero-order valence-electron chi connectivity index (χ0n) is 6.44. The summed E-state index contributed by atoms with van der Waals surface area (Å²) in [6.45, 7) is 0. The first kappa shape index (κ1) is 10.7. The van der Waals surface area contributed by atoms with E-state index < -0.39 is 0 Å². The molecule has 0 aliphatic carbocycles. The van der Waals surface area contributed by atoms with Crippen LogP contribution in [0.2, 0.25) is 0 Å². The normalized spacial score (nSPS) is 9.67. The van der Waals surface area contributed by atoms with Gasteiger partial charge in [-0.1, -0.05) is 16.8 Å². The van der Waals surface area contributed by atoms with E-state index >= 15 is 0 Å². The van der Waals surface area contributed by atoms with E-state index in [1.807, 2.05) is 12.1 Å². The van der Waals surface area contributed by atoms with Crippen molar-refractivity contribution in [2.24, 2.45) is 5.16 Å². The molecular formula is C7H8ClNO3. The van der Waals surface area contributed by atoms with Gasteiger partial charge in [0.2, 0.25) is 5.17 Å². The predicted octanol–water partition coefficient (Wildman–Crippen LogP) is 1.66. The van der Waals surface area contributed by atoms with Gasteiger partial charge in [0.1, 0.15) is 7.11 Å². The molecule has 5 heteroatoms. The van der Waals surface area contributed by atoms with Crippen LogP contribution >= 0.6 is 11.6 Å². The SMILES string of the molecule is CO/N=C(\Cl)C=O.c1ccoc1. The fourth-order valence-electron chi connectivity index (χ4n) is 0.336. The molecule has 0 amide bonds. The van der Waals surface area contributed by atoms with E-state index in [4.69, 9.17) is 11.6 Å². The van der Waals surface area contributed by atoms with Crippen LogP contribution in [-0.2, 0) is 9.63 Å². The third-order valence-electron chi connectivity index (χ3n) is 0.701. The van der Waals surface area contributed by atoms with Gasteiger partial charge < -0.3 is 9.25 Å². The zero-order chi connectivity index (χ0) is 9.23. The van der Waals surface area contributed by atoms with Crippen LogP contribution in [-0.4, -0.2) is 18.6 Å². The van der Waals surface area contributed by atoms with Gasteiger partial charge in [0.15, 0.2) is 6.29 Å². The van der Waals surface area contributed by atoms with E-state index in [-0.39, 0.29) is 5.17 Å². The Morgan fingerprint density at radius 1 is 1.58 bits per heavy atom. The van der Waals surface area contributed by atoms with Crippen LogP contribution in [0.1, 0.15) is 0 Å². The summed E-state index contributed by atoms with van der Waals surface area (Å²) in [7, 11) is 1.31. The Labute approximate surface area is 74.8 Å². The first-order valence-corrected chi connectivity index (χ1v) is 3.38. The summed E-state index contributed by atoms with van der Waals surface area (Å²) in [6.07, 6.45) is 3.64. The Bertz CT molecular complexity index is 203. The summed E-state index contributed by atoms with van der Waals surface area (Å²) in [6, 6.07) is 3.67. The van der Waals surface area contributed by atoms with Crippen molar-refractivity contribution in [1.29, 1.82) is 0 Å². The first-order chi connectivity index (χ1) is 5.81. The summed E-state index contributed by atoms with van der Waals surface area (Å²) in [5, 5.41) is 2.88. The van der Waals surface area contributed by atoms with Crippen molar-refractivity contribution in [3.05, 3.63) is 24.7 Å². The predicted molar refractivity (Wildman–Crippen MR) is 45.1 cm³/mol. The van der Waals surface area contributed by atoms with Crippen molar-refractivity contribution in [2.75, 3.05) is 7.11 Å². The maximum absolute atomic E-state index is 9.55. The lowest BCUT2D eigenvalue weighted by molar-refractivity contribution is -0.102. The fraction of sp³-hybridized carbons (Fsp3) is 0.143. The van der Waals surface area contributed by atoms with Crippen LogP contribution in [0.25, 0.3) is 0 Å². The number of nitrogens with zero attached hydrogens (tertiary/aromatic N) is 1. The van der Waals surface area contributed by atoms with Gasteiger partial charge in [-0.25, -0.2) is 0 Å². The molecule has 1 heterocycles. The molecule has 0 saturated heterocycles. The minimum absolute atomic E-state index is 0.178. The van der Waals surface area contributed by atoms with Crippen molar-refractivity contribution in [3.8, 4) is 0 Å². The van der Waals surface area contributed by atoms with Crippen LogP contribution in [0, 0.1) is 0 Å². The van der Waals surface area contributed by atoms with Gasteiger partial charge >= 0.3 is 0 Å². The molecule has 12 heavy (non-hydrogen) atoms. The van der Waals surface area contributed by atoms with Gasteiger partial charge in [-0.3, -0.25) is 4.79 Å². The molecule has 4 nitrogen and oxygen atoms in total. The number of oxime groups is 1. The number of furan rings is 1. The molecule has 1 aromatic heterocycles. The highest BCUT2D eigenvalue weighted by atomic mass is 35.5.